The van der Waals surface area contributed by atoms with Crippen LogP contribution < -0.4 is 10.1 Å². The fraction of sp³-hybridized carbons (Fsp3) is 0.400. The Hall–Kier alpha value is -2.32. The number of nitriles is 1. The fourth-order valence-electron chi connectivity index (χ4n) is 3.28. The summed E-state index contributed by atoms with van der Waals surface area (Å²) in [6.07, 6.45) is 3.01. The van der Waals surface area contributed by atoms with E-state index in [1.165, 1.54) is 16.2 Å². The molecule has 0 saturated carbocycles. The quantitative estimate of drug-likeness (QED) is 0.886. The predicted molar refractivity (Wildman–Crippen MR) is 100 cm³/mol. The van der Waals surface area contributed by atoms with E-state index in [2.05, 4.69) is 24.4 Å². The third kappa shape index (κ3) is 4.02. The first-order valence-corrected chi connectivity index (χ1v) is 9.33. The van der Waals surface area contributed by atoms with Crippen LogP contribution in [0.2, 0.25) is 0 Å². The van der Waals surface area contributed by atoms with E-state index in [9.17, 15) is 10.1 Å². The smallest absolute Gasteiger partial charge is 0.262 e. The molecular weight excluding hydrogens is 332 g/mol. The molecule has 1 amide bonds. The Balaban J connectivity index is 1.68. The summed E-state index contributed by atoms with van der Waals surface area (Å²) in [5.41, 5.74) is 3.95. The molecule has 0 fully saturated rings. The molecule has 1 heterocycles. The minimum absolute atomic E-state index is 0.0628. The van der Waals surface area contributed by atoms with Crippen molar-refractivity contribution in [1.29, 1.82) is 5.26 Å². The van der Waals surface area contributed by atoms with Crippen LogP contribution in [-0.2, 0) is 17.6 Å². The molecule has 1 aromatic heterocycles. The van der Waals surface area contributed by atoms with Crippen molar-refractivity contribution in [3.8, 4) is 11.8 Å². The van der Waals surface area contributed by atoms with E-state index >= 15 is 0 Å². The van der Waals surface area contributed by atoms with Crippen molar-refractivity contribution in [3.05, 3.63) is 45.3 Å². The highest BCUT2D eigenvalue weighted by Crippen LogP contribution is 2.39. The average Bonchev–Trinajstić information content (AvgIpc) is 2.88. The molecule has 1 aliphatic carbocycles. The summed E-state index contributed by atoms with van der Waals surface area (Å²) in [7, 11) is 0. The molecule has 0 unspecified atom stereocenters. The molecule has 0 aliphatic heterocycles. The lowest BCUT2D eigenvalue weighted by molar-refractivity contribution is -0.118. The summed E-state index contributed by atoms with van der Waals surface area (Å²) in [5, 5.41) is 13.0. The predicted octanol–water partition coefficient (Wildman–Crippen LogP) is 4.38. The molecule has 1 aliphatic rings. The summed E-state index contributed by atoms with van der Waals surface area (Å²) in [4.78, 5) is 13.5. The molecule has 0 saturated heterocycles. The van der Waals surface area contributed by atoms with Crippen molar-refractivity contribution in [1.82, 2.24) is 0 Å². The van der Waals surface area contributed by atoms with Gasteiger partial charge in [-0.15, -0.1) is 11.3 Å². The van der Waals surface area contributed by atoms with Gasteiger partial charge in [0.1, 0.15) is 16.8 Å². The molecule has 1 aromatic carbocycles. The number of carbonyl (C=O) groups is 1. The van der Waals surface area contributed by atoms with Crippen LogP contribution in [0, 0.1) is 31.1 Å². The Bertz CT molecular complexity index is 828. The van der Waals surface area contributed by atoms with Gasteiger partial charge in [0.15, 0.2) is 6.61 Å². The zero-order valence-corrected chi connectivity index (χ0v) is 15.6. The molecule has 130 valence electrons. The average molecular weight is 354 g/mol. The van der Waals surface area contributed by atoms with Gasteiger partial charge in [-0.25, -0.2) is 0 Å². The zero-order valence-electron chi connectivity index (χ0n) is 14.8. The number of benzene rings is 1. The number of thiophene rings is 1. The number of amides is 1. The molecule has 0 spiro atoms. The molecule has 4 nitrogen and oxygen atoms in total. The molecule has 25 heavy (non-hydrogen) atoms. The lowest BCUT2D eigenvalue weighted by atomic mass is 9.89. The topological polar surface area (TPSA) is 62.1 Å². The Labute approximate surface area is 152 Å². The number of rotatable bonds is 4. The molecule has 2 aromatic rings. The Morgan fingerprint density at radius 2 is 2.08 bits per heavy atom. The van der Waals surface area contributed by atoms with E-state index in [0.29, 0.717) is 22.2 Å². The summed E-state index contributed by atoms with van der Waals surface area (Å²) in [5.74, 6) is 1.09. The number of fused-ring (bicyclic) bond motifs is 1. The minimum Gasteiger partial charge on any atom is -0.484 e. The molecular formula is C20H22N2O2S. The molecule has 1 N–H and O–H groups in total. The third-order valence-electron chi connectivity index (χ3n) is 4.44. The summed E-state index contributed by atoms with van der Waals surface area (Å²) >= 11 is 1.54. The van der Waals surface area contributed by atoms with Gasteiger partial charge in [-0.3, -0.25) is 4.79 Å². The van der Waals surface area contributed by atoms with Crippen LogP contribution in [0.25, 0.3) is 0 Å². The second kappa shape index (κ2) is 7.28. The van der Waals surface area contributed by atoms with Crippen molar-refractivity contribution in [3.63, 3.8) is 0 Å². The van der Waals surface area contributed by atoms with Gasteiger partial charge in [-0.2, -0.15) is 5.26 Å². The lowest BCUT2D eigenvalue weighted by Gasteiger charge is -2.17. The maximum absolute atomic E-state index is 12.3. The summed E-state index contributed by atoms with van der Waals surface area (Å²) in [6.45, 7) is 6.16. The van der Waals surface area contributed by atoms with Crippen LogP contribution in [0.5, 0.6) is 5.75 Å². The fourth-order valence-corrected chi connectivity index (χ4v) is 4.66. The van der Waals surface area contributed by atoms with Crippen LogP contribution in [-0.4, -0.2) is 12.5 Å². The van der Waals surface area contributed by atoms with Crippen molar-refractivity contribution >= 4 is 22.2 Å². The van der Waals surface area contributed by atoms with E-state index in [1.807, 2.05) is 26.0 Å². The maximum Gasteiger partial charge on any atom is 0.262 e. The number of aryl methyl sites for hydroxylation is 2. The van der Waals surface area contributed by atoms with Crippen molar-refractivity contribution in [2.75, 3.05) is 11.9 Å². The van der Waals surface area contributed by atoms with Crippen molar-refractivity contribution < 1.29 is 9.53 Å². The van der Waals surface area contributed by atoms with Gasteiger partial charge in [0.2, 0.25) is 0 Å². The summed E-state index contributed by atoms with van der Waals surface area (Å²) in [6, 6.07) is 8.14. The number of hydrogen-bond donors (Lipinski definition) is 1. The Kier molecular flexibility index (Phi) is 5.10. The monoisotopic (exact) mass is 354 g/mol. The standard InChI is InChI=1S/C20H22N2O2S/c1-12-4-5-16-17(10-21)20(25-18(16)9-12)22-19(23)11-24-15-7-13(2)6-14(3)8-15/h6-8,12H,4-5,9,11H2,1-3H3,(H,22,23)/t12-/m1/s1. The number of carbonyl (C=O) groups excluding carboxylic acids is 1. The van der Waals surface area contributed by atoms with E-state index in [-0.39, 0.29) is 12.5 Å². The van der Waals surface area contributed by atoms with E-state index < -0.39 is 0 Å². The molecule has 5 heteroatoms. The van der Waals surface area contributed by atoms with Gasteiger partial charge in [-0.1, -0.05) is 13.0 Å². The van der Waals surface area contributed by atoms with Gasteiger partial charge in [0.05, 0.1) is 5.56 Å². The highest BCUT2D eigenvalue weighted by Gasteiger charge is 2.24. The van der Waals surface area contributed by atoms with Gasteiger partial charge in [-0.05, 0) is 67.9 Å². The van der Waals surface area contributed by atoms with Crippen LogP contribution in [0.4, 0.5) is 5.00 Å². The first-order valence-electron chi connectivity index (χ1n) is 8.52. The number of nitrogens with one attached hydrogen (secondary N) is 1. The van der Waals surface area contributed by atoms with E-state index in [1.54, 1.807) is 0 Å². The van der Waals surface area contributed by atoms with Gasteiger partial charge >= 0.3 is 0 Å². The SMILES string of the molecule is Cc1cc(C)cc(OCC(=O)Nc2sc3c(c2C#N)CC[C@@H](C)C3)c1. The number of nitrogens with zero attached hydrogens (tertiary/aromatic N) is 1. The maximum atomic E-state index is 12.3. The van der Waals surface area contributed by atoms with E-state index in [4.69, 9.17) is 4.74 Å². The molecule has 3 rings (SSSR count). The second-order valence-corrected chi connectivity index (χ2v) is 7.93. The number of anilines is 1. The number of hydrogen-bond acceptors (Lipinski definition) is 4. The van der Waals surface area contributed by atoms with Gasteiger partial charge < -0.3 is 10.1 Å². The largest absolute Gasteiger partial charge is 0.484 e. The highest BCUT2D eigenvalue weighted by molar-refractivity contribution is 7.16. The Morgan fingerprint density at radius 1 is 1.36 bits per heavy atom. The minimum atomic E-state index is -0.234. The van der Waals surface area contributed by atoms with Gasteiger partial charge in [0, 0.05) is 4.88 Å². The second-order valence-electron chi connectivity index (χ2n) is 6.83. The van der Waals surface area contributed by atoms with Gasteiger partial charge in [0.25, 0.3) is 5.91 Å². The normalized spacial score (nSPS) is 16.0. The highest BCUT2D eigenvalue weighted by atomic mass is 32.1. The molecule has 1 atom stereocenters. The first-order chi connectivity index (χ1) is 12.0. The number of ether oxygens (including phenoxy) is 1. The first kappa shape index (κ1) is 17.5. The van der Waals surface area contributed by atoms with E-state index in [0.717, 1.165) is 36.0 Å². The molecule has 0 radical (unpaired) electrons. The lowest BCUT2D eigenvalue weighted by Crippen LogP contribution is -2.20. The van der Waals surface area contributed by atoms with Crippen LogP contribution in [0.15, 0.2) is 18.2 Å². The van der Waals surface area contributed by atoms with Crippen LogP contribution in [0.1, 0.15) is 40.5 Å². The van der Waals surface area contributed by atoms with Crippen molar-refractivity contribution in [2.24, 2.45) is 5.92 Å². The summed E-state index contributed by atoms with van der Waals surface area (Å²) < 4.78 is 5.60. The zero-order chi connectivity index (χ0) is 18.0. The van der Waals surface area contributed by atoms with Crippen LogP contribution in [0.3, 0.4) is 0 Å². The van der Waals surface area contributed by atoms with Crippen molar-refractivity contribution in [2.45, 2.75) is 40.0 Å². The Morgan fingerprint density at radius 3 is 2.76 bits per heavy atom. The van der Waals surface area contributed by atoms with Crippen LogP contribution >= 0.6 is 11.3 Å². The molecule has 0 bridgehead atoms. The third-order valence-corrected chi connectivity index (χ3v) is 5.61.